The van der Waals surface area contributed by atoms with E-state index in [1.165, 1.54) is 24.3 Å². The van der Waals surface area contributed by atoms with Crippen molar-refractivity contribution in [2.75, 3.05) is 26.4 Å². The maximum Gasteiger partial charge on any atom is 0.287 e. The van der Waals surface area contributed by atoms with Crippen molar-refractivity contribution in [1.82, 2.24) is 9.97 Å². The van der Waals surface area contributed by atoms with E-state index in [4.69, 9.17) is 18.9 Å². The molecule has 38 heavy (non-hydrogen) atoms. The third-order valence-electron chi connectivity index (χ3n) is 5.52. The predicted octanol–water partition coefficient (Wildman–Crippen LogP) is 3.24. The highest BCUT2D eigenvalue weighted by Crippen LogP contribution is 2.30. The number of aromatic nitrogens is 2. The van der Waals surface area contributed by atoms with E-state index in [1.54, 1.807) is 52.0 Å². The largest absolute Gasteiger partial charge is 0.368 e. The molecule has 0 spiro atoms. The number of para-hydroxylation sites is 2. The number of non-ortho nitro benzene ring substituents is 1. The lowest BCUT2D eigenvalue weighted by atomic mass is 9.90. The molecule has 3 rings (SSSR count). The lowest BCUT2D eigenvalue weighted by molar-refractivity contribution is -0.384. The molecule has 1 unspecified atom stereocenters. The Bertz CT molecular complexity index is 1350. The van der Waals surface area contributed by atoms with Gasteiger partial charge in [0, 0.05) is 44.1 Å². The van der Waals surface area contributed by atoms with E-state index in [9.17, 15) is 20.0 Å². The molecular weight excluding hydrogens is 494 g/mol. The number of benzene rings is 2. The molecular formula is C27H31N3O8. The van der Waals surface area contributed by atoms with E-state index in [2.05, 4.69) is 21.8 Å². The van der Waals surface area contributed by atoms with E-state index >= 15 is 0 Å². The zero-order valence-corrected chi connectivity index (χ0v) is 21.7. The van der Waals surface area contributed by atoms with E-state index in [0.29, 0.717) is 11.0 Å². The molecule has 0 radical (unpaired) electrons. The highest BCUT2D eigenvalue weighted by atomic mass is 16.8. The minimum atomic E-state index is -2.32. The Labute approximate surface area is 219 Å². The van der Waals surface area contributed by atoms with Gasteiger partial charge in [0.2, 0.25) is 6.29 Å². The highest BCUT2D eigenvalue weighted by Gasteiger charge is 2.43. The van der Waals surface area contributed by atoms with Crippen molar-refractivity contribution in [2.45, 2.75) is 45.4 Å². The van der Waals surface area contributed by atoms with Crippen LogP contribution >= 0.6 is 0 Å². The van der Waals surface area contributed by atoms with Crippen LogP contribution in [0.1, 0.15) is 39.0 Å². The monoisotopic (exact) mass is 525 g/mol. The number of fused-ring (bicyclic) bond motifs is 1. The van der Waals surface area contributed by atoms with Crippen molar-refractivity contribution < 1.29 is 29.0 Å². The third kappa shape index (κ3) is 6.07. The molecule has 0 bridgehead atoms. The van der Waals surface area contributed by atoms with Gasteiger partial charge in [-0.1, -0.05) is 18.1 Å². The quantitative estimate of drug-likeness (QED) is 0.157. The minimum Gasteiger partial charge on any atom is -0.368 e. The molecule has 3 aromatic rings. The summed E-state index contributed by atoms with van der Waals surface area (Å²) in [5.41, 5.74) is -2.59. The van der Waals surface area contributed by atoms with E-state index in [0.717, 1.165) is 0 Å². The molecule has 11 heteroatoms. The SMILES string of the molecule is CCOC(OCC)C(C#CC(O)(c1ccc([N+](=O)[O-])cc1)c1nc2ccccc2[nH]c1=O)(OCC)OCC. The van der Waals surface area contributed by atoms with Crippen molar-refractivity contribution in [3.63, 3.8) is 0 Å². The van der Waals surface area contributed by atoms with Crippen molar-refractivity contribution in [1.29, 1.82) is 0 Å². The molecule has 1 aromatic heterocycles. The molecule has 1 heterocycles. The van der Waals surface area contributed by atoms with Crippen LogP contribution in [-0.2, 0) is 24.5 Å². The highest BCUT2D eigenvalue weighted by molar-refractivity contribution is 5.74. The Morgan fingerprint density at radius 3 is 2.13 bits per heavy atom. The summed E-state index contributed by atoms with van der Waals surface area (Å²) >= 11 is 0. The lowest BCUT2D eigenvalue weighted by Crippen LogP contribution is -2.50. The summed E-state index contributed by atoms with van der Waals surface area (Å²) in [5, 5.41) is 23.3. The first-order chi connectivity index (χ1) is 18.2. The number of hydrogen-bond donors (Lipinski definition) is 2. The van der Waals surface area contributed by atoms with Gasteiger partial charge in [0.15, 0.2) is 11.3 Å². The van der Waals surface area contributed by atoms with Crippen molar-refractivity contribution >= 4 is 16.7 Å². The van der Waals surface area contributed by atoms with Gasteiger partial charge in [0.1, 0.15) is 0 Å². The number of nitrogens with zero attached hydrogens (tertiary/aromatic N) is 2. The van der Waals surface area contributed by atoms with Crippen LogP contribution in [0, 0.1) is 22.0 Å². The topological polar surface area (TPSA) is 146 Å². The Morgan fingerprint density at radius 2 is 1.58 bits per heavy atom. The number of nitro groups is 1. The number of aromatic amines is 1. The summed E-state index contributed by atoms with van der Waals surface area (Å²) < 4.78 is 23.3. The van der Waals surface area contributed by atoms with Gasteiger partial charge in [-0.25, -0.2) is 4.98 Å². The van der Waals surface area contributed by atoms with Crippen LogP contribution in [0.4, 0.5) is 5.69 Å². The summed E-state index contributed by atoms with van der Waals surface area (Å²) in [6, 6.07) is 11.9. The standard InChI is InChI=1S/C27H31N3O8/c1-5-35-25(36-6-2)27(37-7-3,38-8-4)18-17-26(32,19-13-15-20(16-14-19)30(33)34)23-24(31)29-22-12-10-9-11-21(22)28-23/h9-16,25,32H,5-8H2,1-4H3,(H,29,31). The van der Waals surface area contributed by atoms with Crippen LogP contribution in [-0.4, -0.2) is 58.5 Å². The second kappa shape index (κ2) is 12.7. The average Bonchev–Trinajstić information content (AvgIpc) is 2.91. The van der Waals surface area contributed by atoms with Crippen LogP contribution in [0.2, 0.25) is 0 Å². The normalized spacial score (nSPS) is 13.2. The number of nitrogens with one attached hydrogen (secondary N) is 1. The minimum absolute atomic E-state index is 0.0788. The number of H-pyrrole nitrogens is 1. The van der Waals surface area contributed by atoms with Gasteiger partial charge in [-0.15, -0.1) is 0 Å². The fraction of sp³-hybridized carbons (Fsp3) is 0.407. The maximum absolute atomic E-state index is 13.2. The van der Waals surface area contributed by atoms with Gasteiger partial charge in [0.05, 0.1) is 16.0 Å². The van der Waals surface area contributed by atoms with Gasteiger partial charge >= 0.3 is 0 Å². The summed E-state index contributed by atoms with van der Waals surface area (Å²) in [6.45, 7) is 7.86. The van der Waals surface area contributed by atoms with Crippen molar-refractivity contribution in [3.8, 4) is 11.8 Å². The molecule has 0 aliphatic carbocycles. The first kappa shape index (κ1) is 28.9. The van der Waals surface area contributed by atoms with Crippen LogP contribution in [0.15, 0.2) is 53.3 Å². The molecule has 1 atom stereocenters. The Kier molecular flexibility index (Phi) is 9.68. The number of rotatable bonds is 12. The number of nitro benzene ring substituents is 1. The van der Waals surface area contributed by atoms with Gasteiger partial charge in [0.25, 0.3) is 17.0 Å². The molecule has 0 aliphatic heterocycles. The zero-order valence-electron chi connectivity index (χ0n) is 21.7. The Hall–Kier alpha value is -3.66. The van der Waals surface area contributed by atoms with Crippen LogP contribution < -0.4 is 5.56 Å². The molecule has 0 aliphatic rings. The molecule has 0 saturated heterocycles. The summed E-state index contributed by atoms with van der Waals surface area (Å²) in [5.74, 6) is 3.80. The molecule has 2 N–H and O–H groups in total. The molecule has 2 aromatic carbocycles. The second-order valence-corrected chi connectivity index (χ2v) is 7.97. The van der Waals surface area contributed by atoms with Gasteiger partial charge in [-0.05, 0) is 57.9 Å². The second-order valence-electron chi connectivity index (χ2n) is 7.97. The van der Waals surface area contributed by atoms with Gasteiger partial charge in [-0.3, -0.25) is 14.9 Å². The predicted molar refractivity (Wildman–Crippen MR) is 139 cm³/mol. The number of aliphatic hydroxyl groups is 1. The number of ether oxygens (including phenoxy) is 4. The van der Waals surface area contributed by atoms with E-state index in [-0.39, 0.29) is 43.4 Å². The van der Waals surface area contributed by atoms with E-state index < -0.39 is 28.2 Å². The smallest absolute Gasteiger partial charge is 0.287 e. The molecule has 11 nitrogen and oxygen atoms in total. The Balaban J connectivity index is 2.31. The average molecular weight is 526 g/mol. The molecule has 0 fully saturated rings. The third-order valence-corrected chi connectivity index (χ3v) is 5.52. The zero-order chi connectivity index (χ0) is 27.8. The molecule has 0 saturated carbocycles. The van der Waals surface area contributed by atoms with Crippen molar-refractivity contribution in [3.05, 3.63) is 80.3 Å². The van der Waals surface area contributed by atoms with Crippen LogP contribution in [0.3, 0.4) is 0 Å². The van der Waals surface area contributed by atoms with E-state index in [1.807, 2.05) is 0 Å². The van der Waals surface area contributed by atoms with Crippen molar-refractivity contribution in [2.24, 2.45) is 0 Å². The van der Waals surface area contributed by atoms with Crippen LogP contribution in [0.25, 0.3) is 11.0 Å². The first-order valence-corrected chi connectivity index (χ1v) is 12.3. The Morgan fingerprint density at radius 1 is 0.974 bits per heavy atom. The van der Waals surface area contributed by atoms with Gasteiger partial charge < -0.3 is 29.0 Å². The van der Waals surface area contributed by atoms with Gasteiger partial charge in [-0.2, -0.15) is 0 Å². The summed E-state index contributed by atoms with van der Waals surface area (Å²) in [4.78, 5) is 31.0. The maximum atomic E-state index is 13.2. The van der Waals surface area contributed by atoms with Crippen LogP contribution in [0.5, 0.6) is 0 Å². The number of hydrogen-bond acceptors (Lipinski definition) is 9. The first-order valence-electron chi connectivity index (χ1n) is 12.3. The fourth-order valence-electron chi connectivity index (χ4n) is 3.85. The molecule has 0 amide bonds. The fourth-order valence-corrected chi connectivity index (χ4v) is 3.85. The lowest BCUT2D eigenvalue weighted by Gasteiger charge is -2.35. The summed E-state index contributed by atoms with van der Waals surface area (Å²) in [6.07, 6.45) is -1.09. The summed E-state index contributed by atoms with van der Waals surface area (Å²) in [7, 11) is 0. The molecule has 202 valence electrons.